The molecule has 0 amide bonds. The lowest BCUT2D eigenvalue weighted by molar-refractivity contribution is 0.494. The first-order valence-corrected chi connectivity index (χ1v) is 8.78. The van der Waals surface area contributed by atoms with Crippen LogP contribution in [0.5, 0.6) is 0 Å². The lowest BCUT2D eigenvalue weighted by atomic mass is 10.1. The van der Waals surface area contributed by atoms with E-state index in [-0.39, 0.29) is 10.6 Å². The van der Waals surface area contributed by atoms with Crippen LogP contribution in [0.25, 0.3) is 0 Å². The van der Waals surface area contributed by atoms with Crippen LogP contribution in [-0.4, -0.2) is 22.4 Å². The highest BCUT2D eigenvalue weighted by atomic mass is 32.2. The van der Waals surface area contributed by atoms with E-state index in [0.717, 1.165) is 0 Å². The van der Waals surface area contributed by atoms with Gasteiger partial charge in [0.05, 0.1) is 10.6 Å². The molecule has 1 rings (SSSR count). The molecule has 0 aliphatic carbocycles. The van der Waals surface area contributed by atoms with Gasteiger partial charge in [-0.3, -0.25) is 4.72 Å². The molecule has 0 atom stereocenters. The SMILES string of the molecule is Cc1cc(S(N)(=O)=O)ccc1NS(=O)(=O)NC(C)(C)C. The van der Waals surface area contributed by atoms with Crippen molar-refractivity contribution in [3.63, 3.8) is 0 Å². The number of sulfonamides is 1. The Hall–Kier alpha value is -1.16. The quantitative estimate of drug-likeness (QED) is 0.756. The van der Waals surface area contributed by atoms with Crippen molar-refractivity contribution in [2.24, 2.45) is 5.14 Å². The molecule has 1 aromatic carbocycles. The minimum Gasteiger partial charge on any atom is -0.271 e. The van der Waals surface area contributed by atoms with Crippen molar-refractivity contribution >= 4 is 25.9 Å². The highest BCUT2D eigenvalue weighted by Gasteiger charge is 2.20. The highest BCUT2D eigenvalue weighted by Crippen LogP contribution is 2.20. The average Bonchev–Trinajstić information content (AvgIpc) is 2.15. The van der Waals surface area contributed by atoms with E-state index in [1.165, 1.54) is 18.2 Å². The van der Waals surface area contributed by atoms with E-state index in [0.29, 0.717) is 5.56 Å². The Morgan fingerprint density at radius 2 is 1.65 bits per heavy atom. The van der Waals surface area contributed by atoms with Crippen LogP contribution >= 0.6 is 0 Å². The van der Waals surface area contributed by atoms with Crippen molar-refractivity contribution in [2.45, 2.75) is 38.1 Å². The minimum absolute atomic E-state index is 0.0678. The van der Waals surface area contributed by atoms with Crippen molar-refractivity contribution < 1.29 is 16.8 Å². The summed E-state index contributed by atoms with van der Waals surface area (Å²) >= 11 is 0. The summed E-state index contributed by atoms with van der Waals surface area (Å²) in [6.07, 6.45) is 0. The third kappa shape index (κ3) is 5.08. The van der Waals surface area contributed by atoms with Crippen LogP contribution < -0.4 is 14.6 Å². The number of anilines is 1. The molecule has 0 bridgehead atoms. The smallest absolute Gasteiger partial charge is 0.271 e. The number of aryl methyl sites for hydroxylation is 1. The van der Waals surface area contributed by atoms with Gasteiger partial charge in [0.25, 0.3) is 10.2 Å². The summed E-state index contributed by atoms with van der Waals surface area (Å²) < 4.78 is 50.9. The van der Waals surface area contributed by atoms with Crippen molar-refractivity contribution in [3.05, 3.63) is 23.8 Å². The highest BCUT2D eigenvalue weighted by molar-refractivity contribution is 7.90. The predicted octanol–water partition coefficient (Wildman–Crippen LogP) is 0.687. The second kappa shape index (κ2) is 5.32. The predicted molar refractivity (Wildman–Crippen MR) is 78.0 cm³/mol. The van der Waals surface area contributed by atoms with Crippen molar-refractivity contribution in [2.75, 3.05) is 4.72 Å². The van der Waals surface area contributed by atoms with E-state index in [1.54, 1.807) is 27.7 Å². The van der Waals surface area contributed by atoms with Gasteiger partial charge in [0.2, 0.25) is 10.0 Å². The molecule has 0 unspecified atom stereocenters. The monoisotopic (exact) mass is 321 g/mol. The minimum atomic E-state index is -3.81. The Balaban J connectivity index is 3.07. The molecule has 114 valence electrons. The molecule has 0 saturated carbocycles. The van der Waals surface area contributed by atoms with E-state index in [9.17, 15) is 16.8 Å². The fourth-order valence-corrected chi connectivity index (χ4v) is 3.48. The lowest BCUT2D eigenvalue weighted by Gasteiger charge is -2.21. The summed E-state index contributed by atoms with van der Waals surface area (Å²) in [7, 11) is -7.55. The number of rotatable bonds is 4. The first kappa shape index (κ1) is 16.9. The zero-order valence-electron chi connectivity index (χ0n) is 11.8. The van der Waals surface area contributed by atoms with Gasteiger partial charge in [-0.15, -0.1) is 0 Å². The fraction of sp³-hybridized carbons (Fsp3) is 0.455. The van der Waals surface area contributed by atoms with Crippen LogP contribution in [0.15, 0.2) is 23.1 Å². The molecule has 0 radical (unpaired) electrons. The summed E-state index contributed by atoms with van der Waals surface area (Å²) in [5.74, 6) is 0. The van der Waals surface area contributed by atoms with Gasteiger partial charge in [-0.25, -0.2) is 13.6 Å². The summed E-state index contributed by atoms with van der Waals surface area (Å²) in [5.41, 5.74) is 0.116. The molecule has 0 spiro atoms. The van der Waals surface area contributed by atoms with Gasteiger partial charge < -0.3 is 0 Å². The Kier molecular flexibility index (Phi) is 4.49. The van der Waals surface area contributed by atoms with E-state index in [2.05, 4.69) is 9.44 Å². The third-order valence-electron chi connectivity index (χ3n) is 2.21. The number of primary sulfonamides is 1. The van der Waals surface area contributed by atoms with Gasteiger partial charge in [0.15, 0.2) is 0 Å². The van der Waals surface area contributed by atoms with Gasteiger partial charge in [0.1, 0.15) is 0 Å². The number of benzene rings is 1. The van der Waals surface area contributed by atoms with Crippen LogP contribution in [0.2, 0.25) is 0 Å². The standard InChI is InChI=1S/C11H19N3O4S2/c1-8-7-9(19(12,15)16)5-6-10(8)13-20(17,18)14-11(2,3)4/h5-7,13-14H,1-4H3,(H2,12,15,16). The molecule has 4 N–H and O–H groups in total. The maximum atomic E-state index is 11.9. The molecule has 0 aromatic heterocycles. The van der Waals surface area contributed by atoms with Gasteiger partial charge in [-0.1, -0.05) is 0 Å². The second-order valence-corrected chi connectivity index (χ2v) is 8.46. The van der Waals surface area contributed by atoms with Crippen molar-refractivity contribution in [1.29, 1.82) is 0 Å². The number of hydrogen-bond donors (Lipinski definition) is 3. The average molecular weight is 321 g/mol. The van der Waals surface area contributed by atoms with Crippen LogP contribution in [-0.2, 0) is 20.2 Å². The normalized spacial score (nSPS) is 13.2. The molecule has 1 aromatic rings. The molecular formula is C11H19N3O4S2. The van der Waals surface area contributed by atoms with E-state index >= 15 is 0 Å². The van der Waals surface area contributed by atoms with Crippen LogP contribution in [0, 0.1) is 6.92 Å². The molecule has 0 heterocycles. The summed E-state index contributed by atoms with van der Waals surface area (Å²) in [6, 6.07) is 3.92. The lowest BCUT2D eigenvalue weighted by Crippen LogP contribution is -2.43. The van der Waals surface area contributed by atoms with Crippen molar-refractivity contribution in [1.82, 2.24) is 4.72 Å². The Bertz CT molecular complexity index is 704. The number of nitrogens with one attached hydrogen (secondary N) is 2. The summed E-state index contributed by atoms with van der Waals surface area (Å²) in [4.78, 5) is -0.0678. The van der Waals surface area contributed by atoms with Crippen LogP contribution in [0.3, 0.4) is 0 Å². The van der Waals surface area contributed by atoms with Gasteiger partial charge in [-0.2, -0.15) is 13.1 Å². The maximum Gasteiger partial charge on any atom is 0.299 e. The largest absolute Gasteiger partial charge is 0.299 e. The first-order valence-electron chi connectivity index (χ1n) is 5.75. The number of hydrogen-bond acceptors (Lipinski definition) is 4. The van der Waals surface area contributed by atoms with Gasteiger partial charge >= 0.3 is 0 Å². The zero-order valence-corrected chi connectivity index (χ0v) is 13.4. The zero-order chi connectivity index (χ0) is 15.8. The molecule has 0 aliphatic rings. The molecule has 0 aliphatic heterocycles. The topological polar surface area (TPSA) is 118 Å². The Morgan fingerprint density at radius 3 is 2.05 bits per heavy atom. The Morgan fingerprint density at radius 1 is 1.10 bits per heavy atom. The van der Waals surface area contributed by atoms with E-state index in [4.69, 9.17) is 5.14 Å². The molecule has 20 heavy (non-hydrogen) atoms. The van der Waals surface area contributed by atoms with E-state index < -0.39 is 25.8 Å². The third-order valence-corrected chi connectivity index (χ3v) is 4.49. The molecule has 0 fully saturated rings. The first-order chi connectivity index (χ1) is 8.80. The fourth-order valence-electron chi connectivity index (χ4n) is 1.50. The summed E-state index contributed by atoms with van der Waals surface area (Å²) in [5, 5.41) is 5.01. The van der Waals surface area contributed by atoms with Crippen LogP contribution in [0.4, 0.5) is 5.69 Å². The Labute approximate surface area is 119 Å². The number of nitrogens with two attached hydrogens (primary N) is 1. The molecule has 9 heteroatoms. The van der Waals surface area contributed by atoms with Gasteiger partial charge in [-0.05, 0) is 51.5 Å². The maximum absolute atomic E-state index is 11.9. The van der Waals surface area contributed by atoms with Crippen LogP contribution in [0.1, 0.15) is 26.3 Å². The molecule has 0 saturated heterocycles. The van der Waals surface area contributed by atoms with Crippen molar-refractivity contribution in [3.8, 4) is 0 Å². The molecule has 7 nitrogen and oxygen atoms in total. The summed E-state index contributed by atoms with van der Waals surface area (Å²) in [6.45, 7) is 6.72. The van der Waals surface area contributed by atoms with E-state index in [1.807, 2.05) is 0 Å². The second-order valence-electron chi connectivity index (χ2n) is 5.48. The van der Waals surface area contributed by atoms with Gasteiger partial charge in [0, 0.05) is 5.54 Å². The molecular weight excluding hydrogens is 302 g/mol.